The first kappa shape index (κ1) is 27.5. The predicted molar refractivity (Wildman–Crippen MR) is 166 cm³/mol. The molecule has 8 rings (SSSR count). The van der Waals surface area contributed by atoms with Crippen molar-refractivity contribution in [3.8, 4) is 22.8 Å². The summed E-state index contributed by atoms with van der Waals surface area (Å²) >= 11 is 6.87. The van der Waals surface area contributed by atoms with Gasteiger partial charge in [0.05, 0.1) is 53.4 Å². The molecule has 0 spiro atoms. The van der Waals surface area contributed by atoms with Gasteiger partial charge in [0.1, 0.15) is 34.6 Å². The van der Waals surface area contributed by atoms with E-state index in [1.807, 2.05) is 54.3 Å². The molecule has 3 aromatic heterocycles. The Kier molecular flexibility index (Phi) is 6.84. The van der Waals surface area contributed by atoms with Crippen LogP contribution in [-0.2, 0) is 22.7 Å². The van der Waals surface area contributed by atoms with E-state index in [-0.39, 0.29) is 5.60 Å². The number of imidazole rings is 1. The average molecular weight is 603 g/mol. The van der Waals surface area contributed by atoms with Crippen molar-refractivity contribution < 1.29 is 14.2 Å². The van der Waals surface area contributed by atoms with E-state index in [1.165, 1.54) is 0 Å². The lowest BCUT2D eigenvalue weighted by atomic mass is 9.74. The Balaban J connectivity index is 1.11. The van der Waals surface area contributed by atoms with Gasteiger partial charge in [-0.1, -0.05) is 31.2 Å². The largest absolute Gasteiger partial charge is 0.456 e. The van der Waals surface area contributed by atoms with Crippen LogP contribution in [0.3, 0.4) is 0 Å². The van der Waals surface area contributed by atoms with Gasteiger partial charge in [0, 0.05) is 32.5 Å². The Hall–Kier alpha value is -3.31. The van der Waals surface area contributed by atoms with E-state index in [0.717, 1.165) is 67.0 Å². The fourth-order valence-electron chi connectivity index (χ4n) is 5.93. The van der Waals surface area contributed by atoms with Crippen LogP contribution in [0.1, 0.15) is 18.7 Å². The Morgan fingerprint density at radius 1 is 1.10 bits per heavy atom. The Bertz CT molecular complexity index is 1780. The van der Waals surface area contributed by atoms with Gasteiger partial charge in [0.25, 0.3) is 0 Å². The predicted octanol–water partition coefficient (Wildman–Crippen LogP) is 7.09. The van der Waals surface area contributed by atoms with Crippen molar-refractivity contribution in [3.05, 3.63) is 59.8 Å². The van der Waals surface area contributed by atoms with E-state index >= 15 is 0 Å². The molecule has 42 heavy (non-hydrogen) atoms. The van der Waals surface area contributed by atoms with Crippen molar-refractivity contribution in [2.45, 2.75) is 64.3 Å². The number of fused-ring (bicyclic) bond motifs is 3. The van der Waals surface area contributed by atoms with Crippen LogP contribution < -0.4 is 4.74 Å². The molecule has 5 heterocycles. The second-order valence-electron chi connectivity index (χ2n) is 12.9. The number of hydrogen-bond acceptors (Lipinski definition) is 7. The molecule has 2 aliphatic heterocycles. The molecule has 3 aliphatic rings. The second-order valence-corrected chi connectivity index (χ2v) is 18.9. The lowest BCUT2D eigenvalue weighted by molar-refractivity contribution is -0.0163. The van der Waals surface area contributed by atoms with E-state index < -0.39 is 8.07 Å². The molecule has 5 aromatic rings. The standard InChI is InChI=1S/C31H35ClN6O3Si/c1-20-35-24-6-5-23(11-27(24)38(20)19-39-9-10-42(2,3)4)41-28-8-7-25-30(29(28)32)36-26(15-33-25)22-14-34-37(16-22)18-31-12-21(13-31)17-40-31/h5-8,11,14-16,21H,9-10,12-13,17-19H2,1-4H3. The third kappa shape index (κ3) is 5.32. The molecule has 0 radical (unpaired) electrons. The minimum atomic E-state index is -1.15. The van der Waals surface area contributed by atoms with Crippen LogP contribution in [0.15, 0.2) is 48.9 Å². The third-order valence-electron chi connectivity index (χ3n) is 8.30. The molecule has 2 aromatic carbocycles. The van der Waals surface area contributed by atoms with E-state index in [9.17, 15) is 0 Å². The van der Waals surface area contributed by atoms with Crippen LogP contribution in [0.5, 0.6) is 11.5 Å². The number of aromatic nitrogens is 6. The molecule has 0 amide bonds. The second kappa shape index (κ2) is 10.4. The minimum absolute atomic E-state index is 0.0430. The van der Waals surface area contributed by atoms with Gasteiger partial charge in [-0.05, 0) is 56.0 Å². The molecule has 0 atom stereocenters. The molecular weight excluding hydrogens is 568 g/mol. The number of hydrogen-bond donors (Lipinski definition) is 0. The highest BCUT2D eigenvalue weighted by molar-refractivity contribution is 6.76. The smallest absolute Gasteiger partial charge is 0.148 e. The van der Waals surface area contributed by atoms with Gasteiger partial charge in [-0.25, -0.2) is 9.97 Å². The fraction of sp³-hybridized carbons (Fsp3) is 0.419. The van der Waals surface area contributed by atoms with E-state index in [4.69, 9.17) is 35.8 Å². The quantitative estimate of drug-likeness (QED) is 0.124. The first-order valence-corrected chi connectivity index (χ1v) is 18.6. The Morgan fingerprint density at radius 3 is 2.71 bits per heavy atom. The first-order valence-electron chi connectivity index (χ1n) is 14.5. The molecule has 2 saturated heterocycles. The highest BCUT2D eigenvalue weighted by Crippen LogP contribution is 2.49. The average Bonchev–Trinajstić information content (AvgIpc) is 3.72. The van der Waals surface area contributed by atoms with E-state index in [2.05, 4.69) is 34.3 Å². The Morgan fingerprint density at radius 2 is 1.93 bits per heavy atom. The molecule has 11 heteroatoms. The number of ether oxygens (including phenoxy) is 3. The van der Waals surface area contributed by atoms with E-state index in [0.29, 0.717) is 40.0 Å². The summed E-state index contributed by atoms with van der Waals surface area (Å²) in [6.45, 7) is 11.9. The van der Waals surface area contributed by atoms with Gasteiger partial charge >= 0.3 is 0 Å². The van der Waals surface area contributed by atoms with Crippen molar-refractivity contribution in [2.75, 3.05) is 13.2 Å². The maximum Gasteiger partial charge on any atom is 0.148 e. The van der Waals surface area contributed by atoms with Gasteiger partial charge in [-0.2, -0.15) is 5.10 Å². The molecule has 3 fully saturated rings. The van der Waals surface area contributed by atoms with Gasteiger partial charge in [-0.3, -0.25) is 9.67 Å². The summed E-state index contributed by atoms with van der Waals surface area (Å²) in [7, 11) is -1.15. The topological polar surface area (TPSA) is 89.1 Å². The Labute approximate surface area is 250 Å². The number of nitrogens with zero attached hydrogens (tertiary/aromatic N) is 6. The summed E-state index contributed by atoms with van der Waals surface area (Å²) in [4.78, 5) is 14.2. The van der Waals surface area contributed by atoms with Gasteiger partial charge in [-0.15, -0.1) is 0 Å². The van der Waals surface area contributed by atoms with Gasteiger partial charge < -0.3 is 18.8 Å². The number of halogens is 1. The fourth-order valence-corrected chi connectivity index (χ4v) is 6.93. The monoisotopic (exact) mass is 602 g/mol. The summed E-state index contributed by atoms with van der Waals surface area (Å²) < 4.78 is 22.3. The molecule has 218 valence electrons. The molecule has 1 aliphatic carbocycles. The van der Waals surface area contributed by atoms with Gasteiger partial charge in [0.2, 0.25) is 0 Å². The zero-order valence-corrected chi connectivity index (χ0v) is 26.2. The maximum atomic E-state index is 6.87. The highest BCUT2D eigenvalue weighted by atomic mass is 35.5. The van der Waals surface area contributed by atoms with Crippen molar-refractivity contribution in [1.82, 2.24) is 29.3 Å². The van der Waals surface area contributed by atoms with E-state index in [1.54, 1.807) is 6.20 Å². The zero-order valence-electron chi connectivity index (χ0n) is 24.4. The molecule has 2 bridgehead atoms. The summed E-state index contributed by atoms with van der Waals surface area (Å²) in [6.07, 6.45) is 7.83. The first-order chi connectivity index (χ1) is 20.1. The molecule has 1 saturated carbocycles. The number of aryl methyl sites for hydroxylation is 1. The zero-order chi connectivity index (χ0) is 29.1. The lowest BCUT2D eigenvalue weighted by Crippen LogP contribution is -2.40. The molecular formula is C31H35ClN6O3Si. The molecule has 0 N–H and O–H groups in total. The van der Waals surface area contributed by atoms with Crippen LogP contribution in [0.2, 0.25) is 30.7 Å². The summed E-state index contributed by atoms with van der Waals surface area (Å²) in [5.41, 5.74) is 4.67. The number of rotatable bonds is 10. The third-order valence-corrected chi connectivity index (χ3v) is 10.4. The van der Waals surface area contributed by atoms with Crippen LogP contribution in [0, 0.1) is 12.8 Å². The summed E-state index contributed by atoms with van der Waals surface area (Å²) in [5, 5.41) is 4.98. The van der Waals surface area contributed by atoms with Crippen LogP contribution in [-0.4, -0.2) is 56.2 Å². The van der Waals surface area contributed by atoms with Crippen LogP contribution >= 0.6 is 11.6 Å². The van der Waals surface area contributed by atoms with Crippen molar-refractivity contribution >= 4 is 41.7 Å². The highest BCUT2D eigenvalue weighted by Gasteiger charge is 2.52. The van der Waals surface area contributed by atoms with Crippen molar-refractivity contribution in [1.29, 1.82) is 0 Å². The summed E-state index contributed by atoms with van der Waals surface area (Å²) in [5.74, 6) is 2.79. The van der Waals surface area contributed by atoms with Crippen molar-refractivity contribution in [2.24, 2.45) is 5.92 Å². The van der Waals surface area contributed by atoms with Crippen LogP contribution in [0.4, 0.5) is 0 Å². The lowest BCUT2D eigenvalue weighted by Gasteiger charge is -2.35. The number of benzene rings is 2. The maximum absolute atomic E-state index is 6.87. The minimum Gasteiger partial charge on any atom is -0.456 e. The molecule has 0 unspecified atom stereocenters. The SMILES string of the molecule is Cc1nc2ccc(Oc3ccc4ncc(-c5cnn(CC67CC(CO6)C7)c5)nc4c3Cl)cc2n1COCC[Si](C)(C)C. The van der Waals surface area contributed by atoms with Crippen LogP contribution in [0.25, 0.3) is 33.3 Å². The van der Waals surface area contributed by atoms with Gasteiger partial charge in [0.15, 0.2) is 0 Å². The molecule has 9 nitrogen and oxygen atoms in total. The normalized spacial score (nSPS) is 20.0. The summed E-state index contributed by atoms with van der Waals surface area (Å²) in [6, 6.07) is 10.7. The van der Waals surface area contributed by atoms with Crippen molar-refractivity contribution in [3.63, 3.8) is 0 Å².